The molecule has 0 aliphatic carbocycles. The van der Waals surface area contributed by atoms with E-state index in [4.69, 9.17) is 4.99 Å². The average Bonchev–Trinajstić information content (AvgIpc) is 3.23. The molecule has 0 amide bonds. The molecule has 1 saturated heterocycles. The molecule has 2 aliphatic rings. The highest BCUT2D eigenvalue weighted by Gasteiger charge is 2.29. The molecule has 132 valence electrons. The molecule has 0 aromatic heterocycles. The van der Waals surface area contributed by atoms with Gasteiger partial charge in [-0.05, 0) is 32.9 Å². The summed E-state index contributed by atoms with van der Waals surface area (Å²) < 4.78 is 0. The van der Waals surface area contributed by atoms with E-state index in [1.807, 2.05) is 0 Å². The molecule has 2 heterocycles. The summed E-state index contributed by atoms with van der Waals surface area (Å²) in [6, 6.07) is 0.682. The van der Waals surface area contributed by atoms with Crippen LogP contribution in [-0.2, 0) is 0 Å². The van der Waals surface area contributed by atoms with Crippen LogP contribution in [0, 0.1) is 0 Å². The Labute approximate surface area is 142 Å². The van der Waals surface area contributed by atoms with Crippen molar-refractivity contribution in [2.24, 2.45) is 4.99 Å². The highest BCUT2D eigenvalue weighted by atomic mass is 15.3. The summed E-state index contributed by atoms with van der Waals surface area (Å²) in [7, 11) is 0. The Morgan fingerprint density at radius 1 is 1.22 bits per heavy atom. The van der Waals surface area contributed by atoms with E-state index in [0.717, 1.165) is 58.3 Å². The lowest BCUT2D eigenvalue weighted by Gasteiger charge is -2.26. The quantitative estimate of drug-likeness (QED) is 0.419. The Morgan fingerprint density at radius 2 is 2.00 bits per heavy atom. The largest absolute Gasteiger partial charge is 0.357 e. The van der Waals surface area contributed by atoms with Gasteiger partial charge in [-0.3, -0.25) is 9.89 Å². The summed E-state index contributed by atoms with van der Waals surface area (Å²) in [6.45, 7) is 16.3. The number of likely N-dealkylation sites (tertiary alicyclic amines) is 1. The summed E-state index contributed by atoms with van der Waals surface area (Å²) in [5.41, 5.74) is 0. The average molecular weight is 322 g/mol. The predicted octanol–water partition coefficient (Wildman–Crippen LogP) is 1.63. The molecule has 0 bridgehead atoms. The monoisotopic (exact) mass is 321 g/mol. The van der Waals surface area contributed by atoms with Crippen LogP contribution in [0.1, 0.15) is 33.6 Å². The summed E-state index contributed by atoms with van der Waals surface area (Å²) in [5, 5.41) is 3.48. The molecule has 5 nitrogen and oxygen atoms in total. The van der Waals surface area contributed by atoms with Crippen molar-refractivity contribution in [3.8, 4) is 0 Å². The highest BCUT2D eigenvalue weighted by molar-refractivity contribution is 5.80. The lowest BCUT2D eigenvalue weighted by molar-refractivity contribution is 0.259. The molecule has 1 N–H and O–H groups in total. The van der Waals surface area contributed by atoms with E-state index < -0.39 is 0 Å². The summed E-state index contributed by atoms with van der Waals surface area (Å²) in [5.74, 6) is 1.11. The Morgan fingerprint density at radius 3 is 2.65 bits per heavy atom. The minimum absolute atomic E-state index is 0.682. The lowest BCUT2D eigenvalue weighted by atomic mass is 10.2. The number of nitrogens with zero attached hydrogens (tertiary/aromatic N) is 4. The van der Waals surface area contributed by atoms with Gasteiger partial charge in [-0.25, -0.2) is 0 Å². The number of rotatable bonds is 8. The molecule has 1 unspecified atom stereocenters. The fraction of sp³-hybridized carbons (Fsp3) is 0.833. The van der Waals surface area contributed by atoms with Crippen LogP contribution < -0.4 is 5.32 Å². The van der Waals surface area contributed by atoms with Crippen molar-refractivity contribution in [1.29, 1.82) is 0 Å². The van der Waals surface area contributed by atoms with E-state index >= 15 is 0 Å². The van der Waals surface area contributed by atoms with Crippen LogP contribution >= 0.6 is 0 Å². The van der Waals surface area contributed by atoms with Gasteiger partial charge in [0.05, 0.1) is 6.54 Å². The highest BCUT2D eigenvalue weighted by Crippen LogP contribution is 2.17. The van der Waals surface area contributed by atoms with Crippen LogP contribution in [0.3, 0.4) is 0 Å². The Hall–Kier alpha value is -1.07. The molecule has 0 aromatic rings. The number of hydrogen-bond donors (Lipinski definition) is 1. The zero-order valence-corrected chi connectivity index (χ0v) is 15.3. The van der Waals surface area contributed by atoms with Gasteiger partial charge >= 0.3 is 0 Å². The van der Waals surface area contributed by atoms with Crippen molar-refractivity contribution in [1.82, 2.24) is 20.0 Å². The first-order valence-corrected chi connectivity index (χ1v) is 9.43. The maximum absolute atomic E-state index is 4.88. The molecular weight excluding hydrogens is 286 g/mol. The SMILES string of the molecule is CCCN(CC)CCN=C(NCC)N1CCC(N2CC=CC2)C1. The van der Waals surface area contributed by atoms with E-state index in [9.17, 15) is 0 Å². The first-order chi connectivity index (χ1) is 11.3. The van der Waals surface area contributed by atoms with Gasteiger partial charge in [0.25, 0.3) is 0 Å². The standard InChI is InChI=1S/C18H35N5/c1-4-11-21(6-3)15-10-20-18(19-5-2)23-14-9-17(16-23)22-12-7-8-13-22/h7-8,17H,4-6,9-16H2,1-3H3,(H,19,20). The van der Waals surface area contributed by atoms with Crippen LogP contribution in [-0.4, -0.2) is 85.6 Å². The smallest absolute Gasteiger partial charge is 0.194 e. The van der Waals surface area contributed by atoms with Crippen LogP contribution in [0.15, 0.2) is 17.1 Å². The molecule has 2 rings (SSSR count). The van der Waals surface area contributed by atoms with Crippen LogP contribution in [0.25, 0.3) is 0 Å². The van der Waals surface area contributed by atoms with Gasteiger partial charge < -0.3 is 15.1 Å². The van der Waals surface area contributed by atoms with Crippen molar-refractivity contribution in [2.75, 3.05) is 58.9 Å². The molecule has 1 atom stereocenters. The van der Waals surface area contributed by atoms with Crippen LogP contribution in [0.4, 0.5) is 0 Å². The molecule has 0 saturated carbocycles. The normalized spacial score (nSPS) is 22.5. The molecule has 5 heteroatoms. The van der Waals surface area contributed by atoms with Crippen molar-refractivity contribution in [3.63, 3.8) is 0 Å². The van der Waals surface area contributed by atoms with Crippen molar-refractivity contribution < 1.29 is 0 Å². The molecule has 23 heavy (non-hydrogen) atoms. The van der Waals surface area contributed by atoms with Gasteiger partial charge in [0, 0.05) is 45.3 Å². The molecule has 2 aliphatic heterocycles. The molecular formula is C18H35N5. The number of hydrogen-bond acceptors (Lipinski definition) is 3. The molecule has 0 aromatic carbocycles. The zero-order chi connectivity index (χ0) is 16.5. The van der Waals surface area contributed by atoms with E-state index in [1.165, 1.54) is 19.4 Å². The molecule has 0 radical (unpaired) electrons. The van der Waals surface area contributed by atoms with Gasteiger partial charge in [0.2, 0.25) is 0 Å². The third-order valence-electron chi connectivity index (χ3n) is 4.83. The second kappa shape index (κ2) is 9.93. The van der Waals surface area contributed by atoms with E-state index in [-0.39, 0.29) is 0 Å². The topological polar surface area (TPSA) is 34.1 Å². The number of likely N-dealkylation sites (N-methyl/N-ethyl adjacent to an activating group) is 1. The Bertz CT molecular complexity index is 385. The maximum atomic E-state index is 4.88. The fourth-order valence-corrected chi connectivity index (χ4v) is 3.49. The van der Waals surface area contributed by atoms with Crippen molar-refractivity contribution in [3.05, 3.63) is 12.2 Å². The van der Waals surface area contributed by atoms with Crippen molar-refractivity contribution >= 4 is 5.96 Å². The van der Waals surface area contributed by atoms with Gasteiger partial charge in [-0.15, -0.1) is 0 Å². The Kier molecular flexibility index (Phi) is 7.89. The Balaban J connectivity index is 1.83. The third-order valence-corrected chi connectivity index (χ3v) is 4.83. The fourth-order valence-electron chi connectivity index (χ4n) is 3.49. The van der Waals surface area contributed by atoms with Crippen molar-refractivity contribution in [2.45, 2.75) is 39.7 Å². The number of guanidine groups is 1. The zero-order valence-electron chi connectivity index (χ0n) is 15.3. The van der Waals surface area contributed by atoms with E-state index in [1.54, 1.807) is 0 Å². The van der Waals surface area contributed by atoms with Crippen LogP contribution in [0.5, 0.6) is 0 Å². The molecule has 0 spiro atoms. The maximum Gasteiger partial charge on any atom is 0.194 e. The number of aliphatic imine (C=N–C) groups is 1. The van der Waals surface area contributed by atoms with Gasteiger partial charge in [0.15, 0.2) is 5.96 Å². The number of nitrogens with one attached hydrogen (secondary N) is 1. The lowest BCUT2D eigenvalue weighted by Crippen LogP contribution is -2.43. The second-order valence-corrected chi connectivity index (χ2v) is 6.48. The summed E-state index contributed by atoms with van der Waals surface area (Å²) >= 11 is 0. The minimum Gasteiger partial charge on any atom is -0.357 e. The first-order valence-electron chi connectivity index (χ1n) is 9.43. The third kappa shape index (κ3) is 5.50. The predicted molar refractivity (Wildman–Crippen MR) is 99.1 cm³/mol. The van der Waals surface area contributed by atoms with Gasteiger partial charge in [0.1, 0.15) is 0 Å². The summed E-state index contributed by atoms with van der Waals surface area (Å²) in [4.78, 5) is 12.4. The van der Waals surface area contributed by atoms with E-state index in [0.29, 0.717) is 6.04 Å². The summed E-state index contributed by atoms with van der Waals surface area (Å²) in [6.07, 6.45) is 7.04. The van der Waals surface area contributed by atoms with Gasteiger partial charge in [-0.1, -0.05) is 26.0 Å². The second-order valence-electron chi connectivity index (χ2n) is 6.48. The van der Waals surface area contributed by atoms with E-state index in [2.05, 4.69) is 52.9 Å². The minimum atomic E-state index is 0.682. The first kappa shape index (κ1) is 18.3. The van der Waals surface area contributed by atoms with Gasteiger partial charge in [-0.2, -0.15) is 0 Å². The molecule has 1 fully saturated rings. The van der Waals surface area contributed by atoms with Crippen LogP contribution in [0.2, 0.25) is 0 Å².